The molecule has 2 aliphatic rings. The molecule has 1 atom stereocenters. The molecule has 2 fully saturated rings. The largest absolute Gasteiger partial charge is 0.368 e. The van der Waals surface area contributed by atoms with Crippen LogP contribution in [0.4, 0.5) is 5.69 Å². The molecule has 3 heterocycles. The monoisotopic (exact) mass is 464 g/mol. The third kappa shape index (κ3) is 4.76. The molecular weight excluding hydrogens is 436 g/mol. The number of benzene rings is 1. The second-order valence-electron chi connectivity index (χ2n) is 8.35. The zero-order chi connectivity index (χ0) is 22.0. The molecule has 31 heavy (non-hydrogen) atoms. The van der Waals surface area contributed by atoms with Crippen molar-refractivity contribution in [3.8, 4) is 0 Å². The van der Waals surface area contributed by atoms with Crippen molar-refractivity contribution in [2.75, 3.05) is 31.1 Å². The molecule has 2 saturated heterocycles. The van der Waals surface area contributed by atoms with E-state index in [1.54, 1.807) is 11.6 Å². The summed E-state index contributed by atoms with van der Waals surface area (Å²) in [6, 6.07) is 9.18. The highest BCUT2D eigenvalue weighted by molar-refractivity contribution is 7.89. The molecule has 168 valence electrons. The Morgan fingerprint density at radius 2 is 1.84 bits per heavy atom. The van der Waals surface area contributed by atoms with Crippen molar-refractivity contribution in [2.24, 2.45) is 7.05 Å². The summed E-state index contributed by atoms with van der Waals surface area (Å²) in [5.41, 5.74) is 1.32. The molecule has 0 saturated carbocycles. The first kappa shape index (κ1) is 22.2. The lowest BCUT2D eigenvalue weighted by molar-refractivity contribution is 0.0925. The average Bonchev–Trinajstić information content (AvgIpc) is 3.17. The summed E-state index contributed by atoms with van der Waals surface area (Å²) in [6.07, 6.45) is 6.16. The molecule has 1 unspecified atom stereocenters. The number of amides is 1. The van der Waals surface area contributed by atoms with Crippen LogP contribution in [0, 0.1) is 0 Å². The molecular formula is C22H29ClN4O3S. The fraction of sp³-hybridized carbons (Fsp3) is 0.500. The van der Waals surface area contributed by atoms with E-state index >= 15 is 0 Å². The van der Waals surface area contributed by atoms with E-state index in [9.17, 15) is 13.2 Å². The second-order valence-corrected chi connectivity index (χ2v) is 10.7. The van der Waals surface area contributed by atoms with Crippen LogP contribution in [0.3, 0.4) is 0 Å². The first-order valence-electron chi connectivity index (χ1n) is 10.8. The summed E-state index contributed by atoms with van der Waals surface area (Å²) in [4.78, 5) is 15.3. The topological polar surface area (TPSA) is 74.6 Å². The molecule has 9 heteroatoms. The van der Waals surface area contributed by atoms with E-state index in [1.165, 1.54) is 16.6 Å². The van der Waals surface area contributed by atoms with E-state index in [-0.39, 0.29) is 16.8 Å². The number of carbonyl (C=O) groups excluding carboxylic acids is 1. The van der Waals surface area contributed by atoms with Gasteiger partial charge in [-0.05, 0) is 43.9 Å². The highest BCUT2D eigenvalue weighted by Crippen LogP contribution is 2.28. The molecule has 2 aliphatic heterocycles. The zero-order valence-electron chi connectivity index (χ0n) is 17.8. The Kier molecular flexibility index (Phi) is 6.60. The van der Waals surface area contributed by atoms with Gasteiger partial charge in [0.25, 0.3) is 5.91 Å². The van der Waals surface area contributed by atoms with Gasteiger partial charge in [0.2, 0.25) is 10.0 Å². The SMILES string of the molecule is Cn1cc(S(=O)(=O)N2CCCCC2)cc1C(=O)NC1CCCN(c2ccccc2Cl)C1. The van der Waals surface area contributed by atoms with Gasteiger partial charge in [-0.2, -0.15) is 4.31 Å². The van der Waals surface area contributed by atoms with Crippen LogP contribution < -0.4 is 10.2 Å². The minimum Gasteiger partial charge on any atom is -0.368 e. The average molecular weight is 465 g/mol. The van der Waals surface area contributed by atoms with Crippen LogP contribution in [0.1, 0.15) is 42.6 Å². The zero-order valence-corrected chi connectivity index (χ0v) is 19.3. The number of anilines is 1. The Labute approximate surface area is 189 Å². The van der Waals surface area contributed by atoms with Gasteiger partial charge in [-0.1, -0.05) is 30.2 Å². The van der Waals surface area contributed by atoms with Gasteiger partial charge in [-0.15, -0.1) is 0 Å². The molecule has 7 nitrogen and oxygen atoms in total. The number of nitrogens with zero attached hydrogens (tertiary/aromatic N) is 3. The van der Waals surface area contributed by atoms with Crippen LogP contribution in [0.5, 0.6) is 0 Å². The Bertz CT molecular complexity index is 1050. The summed E-state index contributed by atoms with van der Waals surface area (Å²) in [5.74, 6) is -0.256. The predicted octanol–water partition coefficient (Wildman–Crippen LogP) is 3.25. The normalized spacial score (nSPS) is 20.6. The first-order valence-corrected chi connectivity index (χ1v) is 12.6. The smallest absolute Gasteiger partial charge is 0.268 e. The molecule has 1 amide bonds. The summed E-state index contributed by atoms with van der Waals surface area (Å²) in [7, 11) is -1.86. The van der Waals surface area contributed by atoms with Crippen molar-refractivity contribution >= 4 is 33.2 Å². The van der Waals surface area contributed by atoms with Crippen molar-refractivity contribution in [3.05, 3.63) is 47.2 Å². The van der Waals surface area contributed by atoms with Crippen molar-refractivity contribution in [1.29, 1.82) is 0 Å². The summed E-state index contributed by atoms with van der Waals surface area (Å²) in [5, 5.41) is 3.79. The van der Waals surface area contributed by atoms with E-state index < -0.39 is 10.0 Å². The number of aromatic nitrogens is 1. The van der Waals surface area contributed by atoms with Gasteiger partial charge in [0.05, 0.1) is 10.7 Å². The van der Waals surface area contributed by atoms with Crippen LogP contribution in [0.25, 0.3) is 0 Å². The summed E-state index contributed by atoms with van der Waals surface area (Å²) < 4.78 is 29.0. The standard InChI is InChI=1S/C22H29ClN4O3S/c1-25-16-18(31(29,30)27-12-5-2-6-13-27)14-21(25)22(28)24-17-8-7-11-26(15-17)20-10-4-3-9-19(20)23/h3-4,9-10,14,16-17H,2,5-8,11-13,15H2,1H3,(H,24,28). The van der Waals surface area contributed by atoms with Crippen molar-refractivity contribution < 1.29 is 13.2 Å². The number of carbonyl (C=O) groups is 1. The maximum Gasteiger partial charge on any atom is 0.268 e. The minimum atomic E-state index is -3.57. The van der Waals surface area contributed by atoms with Crippen LogP contribution in [-0.2, 0) is 17.1 Å². The van der Waals surface area contributed by atoms with E-state index in [1.807, 2.05) is 24.3 Å². The van der Waals surface area contributed by atoms with E-state index in [4.69, 9.17) is 11.6 Å². The third-order valence-electron chi connectivity index (χ3n) is 6.12. The number of para-hydroxylation sites is 1. The number of piperidine rings is 2. The molecule has 1 aromatic carbocycles. The molecule has 0 bridgehead atoms. The number of hydrogen-bond donors (Lipinski definition) is 1. The van der Waals surface area contributed by atoms with Gasteiger partial charge in [0.15, 0.2) is 0 Å². The Hall–Kier alpha value is -2.03. The fourth-order valence-electron chi connectivity index (χ4n) is 4.44. The lowest BCUT2D eigenvalue weighted by Gasteiger charge is -2.35. The summed E-state index contributed by atoms with van der Waals surface area (Å²) >= 11 is 6.34. The van der Waals surface area contributed by atoms with Crippen LogP contribution in [0.2, 0.25) is 5.02 Å². The van der Waals surface area contributed by atoms with Crippen LogP contribution in [-0.4, -0.2) is 55.4 Å². The molecule has 0 spiro atoms. The highest BCUT2D eigenvalue weighted by Gasteiger charge is 2.29. The number of rotatable bonds is 5. The van der Waals surface area contributed by atoms with Gasteiger partial charge < -0.3 is 14.8 Å². The first-order chi connectivity index (χ1) is 14.9. The Morgan fingerprint density at radius 1 is 1.10 bits per heavy atom. The highest BCUT2D eigenvalue weighted by atomic mass is 35.5. The number of sulfonamides is 1. The Balaban J connectivity index is 1.46. The molecule has 2 aromatic rings. The van der Waals surface area contributed by atoms with Crippen molar-refractivity contribution in [1.82, 2.24) is 14.2 Å². The minimum absolute atomic E-state index is 0.0328. The van der Waals surface area contributed by atoms with Gasteiger partial charge in [-0.25, -0.2) is 8.42 Å². The number of halogens is 1. The van der Waals surface area contributed by atoms with Crippen molar-refractivity contribution in [2.45, 2.75) is 43.0 Å². The van der Waals surface area contributed by atoms with Crippen LogP contribution >= 0.6 is 11.6 Å². The van der Waals surface area contributed by atoms with Gasteiger partial charge in [-0.3, -0.25) is 4.79 Å². The molecule has 1 aromatic heterocycles. The quantitative estimate of drug-likeness (QED) is 0.737. The fourth-order valence-corrected chi connectivity index (χ4v) is 6.28. The maximum absolute atomic E-state index is 13.0. The number of hydrogen-bond acceptors (Lipinski definition) is 4. The Morgan fingerprint density at radius 3 is 2.58 bits per heavy atom. The predicted molar refractivity (Wildman–Crippen MR) is 122 cm³/mol. The number of nitrogens with one attached hydrogen (secondary N) is 1. The van der Waals surface area contributed by atoms with Crippen molar-refractivity contribution in [3.63, 3.8) is 0 Å². The lowest BCUT2D eigenvalue weighted by Crippen LogP contribution is -2.48. The molecule has 4 rings (SSSR count). The van der Waals surface area contributed by atoms with E-state index in [2.05, 4.69) is 10.2 Å². The molecule has 0 radical (unpaired) electrons. The third-order valence-corrected chi connectivity index (χ3v) is 8.30. The number of aryl methyl sites for hydroxylation is 1. The second kappa shape index (κ2) is 9.22. The van der Waals surface area contributed by atoms with E-state index in [0.29, 0.717) is 30.4 Å². The van der Waals surface area contributed by atoms with E-state index in [0.717, 1.165) is 44.3 Å². The van der Waals surface area contributed by atoms with Gasteiger partial charge in [0.1, 0.15) is 10.6 Å². The molecule has 1 N–H and O–H groups in total. The van der Waals surface area contributed by atoms with Crippen LogP contribution in [0.15, 0.2) is 41.4 Å². The lowest BCUT2D eigenvalue weighted by atomic mass is 10.0. The van der Waals surface area contributed by atoms with Gasteiger partial charge >= 0.3 is 0 Å². The molecule has 0 aliphatic carbocycles. The summed E-state index contributed by atoms with van der Waals surface area (Å²) in [6.45, 7) is 2.63. The van der Waals surface area contributed by atoms with Gasteiger partial charge in [0, 0.05) is 45.5 Å². The maximum atomic E-state index is 13.0.